The molecule has 1 aliphatic carbocycles. The molecule has 0 unspecified atom stereocenters. The number of rotatable bonds is 7. The number of fused-ring (bicyclic) bond motifs is 1. The lowest BCUT2D eigenvalue weighted by Crippen LogP contribution is -2.60. The molecule has 0 saturated carbocycles. The highest BCUT2D eigenvalue weighted by Gasteiger charge is 2.49. The smallest absolute Gasteiger partial charge is 0.338 e. The fraction of sp³-hybridized carbons (Fsp3) is 0.478. The van der Waals surface area contributed by atoms with Crippen LogP contribution in [0.2, 0.25) is 0 Å². The highest BCUT2D eigenvalue weighted by molar-refractivity contribution is 5.89. The summed E-state index contributed by atoms with van der Waals surface area (Å²) in [5.74, 6) is -2.96. The summed E-state index contributed by atoms with van der Waals surface area (Å²) in [7, 11) is 0. The van der Waals surface area contributed by atoms with Crippen LogP contribution in [0.1, 0.15) is 16.8 Å². The molecule has 0 spiro atoms. The molecule has 0 radical (unpaired) electrons. The molecule has 2 aliphatic heterocycles. The predicted molar refractivity (Wildman–Crippen MR) is 112 cm³/mol. The molecule has 184 valence electrons. The number of aliphatic hydroxyl groups excluding tert-OH is 4. The Morgan fingerprint density at radius 1 is 1.03 bits per heavy atom. The second-order valence-corrected chi connectivity index (χ2v) is 8.31. The second-order valence-electron chi connectivity index (χ2n) is 8.31. The van der Waals surface area contributed by atoms with Crippen LogP contribution >= 0.6 is 0 Å². The van der Waals surface area contributed by atoms with E-state index in [9.17, 15) is 35.1 Å². The molecule has 0 bridgehead atoms. The lowest BCUT2D eigenvalue weighted by Gasteiger charge is -2.42. The number of carbonyl (C=O) groups is 2. The third kappa shape index (κ3) is 4.71. The molecule has 0 aromatic heterocycles. The molecule has 2 heterocycles. The molecule has 1 saturated heterocycles. The van der Waals surface area contributed by atoms with E-state index in [1.807, 2.05) is 0 Å². The van der Waals surface area contributed by atoms with E-state index in [0.29, 0.717) is 17.6 Å². The standard InChI is InChI=1S/C23H26O11/c24-8-15-17(25)18(26)19(27)23(33-15)34-22-16-12(6-7-13(16)14(10-32-22)20(28)29)9-31-21(30)11-4-2-1-3-5-11/h1-6,10,13,15-19,22-27H,7-9H2,(H,28,29)/t13-,15-,16-,17-,18+,19-,22+,23+/m1/s1. The van der Waals surface area contributed by atoms with Crippen molar-refractivity contribution in [2.75, 3.05) is 13.2 Å². The van der Waals surface area contributed by atoms with Crippen LogP contribution in [0.5, 0.6) is 0 Å². The van der Waals surface area contributed by atoms with Crippen molar-refractivity contribution < 1.29 is 54.1 Å². The van der Waals surface area contributed by atoms with Crippen LogP contribution in [-0.2, 0) is 23.7 Å². The number of carbonyl (C=O) groups excluding carboxylic acids is 1. The number of esters is 1. The molecule has 4 rings (SSSR count). The van der Waals surface area contributed by atoms with Crippen molar-refractivity contribution in [1.29, 1.82) is 0 Å². The van der Waals surface area contributed by atoms with Gasteiger partial charge in [0.15, 0.2) is 6.29 Å². The first-order chi connectivity index (χ1) is 16.3. The van der Waals surface area contributed by atoms with E-state index in [1.54, 1.807) is 36.4 Å². The van der Waals surface area contributed by atoms with Gasteiger partial charge in [0, 0.05) is 5.92 Å². The summed E-state index contributed by atoms with van der Waals surface area (Å²) in [4.78, 5) is 24.1. The van der Waals surface area contributed by atoms with Crippen molar-refractivity contribution >= 4 is 11.9 Å². The van der Waals surface area contributed by atoms with Crippen molar-refractivity contribution in [3.05, 3.63) is 59.4 Å². The SMILES string of the molecule is O=C(O)C1=CO[C@@H](O[C@@H]2O[C@H](CO)[C@@H](O)[C@H](O)[C@H]2O)[C@@H]2C(COC(=O)c3ccccc3)=CC[C@H]12. The maximum atomic E-state index is 12.4. The molecular weight excluding hydrogens is 452 g/mol. The molecule has 0 amide bonds. The van der Waals surface area contributed by atoms with Gasteiger partial charge < -0.3 is 44.5 Å². The summed E-state index contributed by atoms with van der Waals surface area (Å²) in [5, 5.41) is 49.3. The number of carboxylic acid groups (broad SMARTS) is 1. The quantitative estimate of drug-likeness (QED) is 0.254. The monoisotopic (exact) mass is 478 g/mol. The molecule has 8 atom stereocenters. The van der Waals surface area contributed by atoms with E-state index >= 15 is 0 Å². The average molecular weight is 478 g/mol. The number of allylic oxidation sites excluding steroid dienone is 1. The topological polar surface area (TPSA) is 172 Å². The Morgan fingerprint density at radius 3 is 2.44 bits per heavy atom. The minimum absolute atomic E-state index is 0.0132. The number of carboxylic acids is 1. The maximum absolute atomic E-state index is 12.4. The molecule has 11 nitrogen and oxygen atoms in total. The Hall–Kier alpha value is -2.80. The van der Waals surface area contributed by atoms with Crippen LogP contribution in [0, 0.1) is 11.8 Å². The van der Waals surface area contributed by atoms with Crippen molar-refractivity contribution in [2.45, 2.75) is 43.4 Å². The first kappa shape index (κ1) is 24.3. The van der Waals surface area contributed by atoms with Gasteiger partial charge in [-0.25, -0.2) is 9.59 Å². The number of aliphatic hydroxyl groups is 4. The van der Waals surface area contributed by atoms with Crippen molar-refractivity contribution in [1.82, 2.24) is 0 Å². The van der Waals surface area contributed by atoms with Crippen LogP contribution in [0.25, 0.3) is 0 Å². The minimum atomic E-state index is -1.66. The Bertz CT molecular complexity index is 957. The Kier molecular flexibility index (Phi) is 7.31. The zero-order valence-corrected chi connectivity index (χ0v) is 18.0. The number of hydrogen-bond acceptors (Lipinski definition) is 10. The lowest BCUT2D eigenvalue weighted by molar-refractivity contribution is -0.339. The van der Waals surface area contributed by atoms with Crippen molar-refractivity contribution in [3.63, 3.8) is 0 Å². The Labute approximate surface area is 194 Å². The van der Waals surface area contributed by atoms with Gasteiger partial charge in [0.2, 0.25) is 6.29 Å². The van der Waals surface area contributed by atoms with E-state index in [-0.39, 0.29) is 12.2 Å². The van der Waals surface area contributed by atoms with Gasteiger partial charge in [0.25, 0.3) is 0 Å². The molecular formula is C23H26O11. The van der Waals surface area contributed by atoms with Crippen LogP contribution in [0.3, 0.4) is 0 Å². The number of ether oxygens (including phenoxy) is 4. The van der Waals surface area contributed by atoms with Gasteiger partial charge in [-0.2, -0.15) is 0 Å². The van der Waals surface area contributed by atoms with E-state index in [2.05, 4.69) is 0 Å². The first-order valence-corrected chi connectivity index (χ1v) is 10.8. The zero-order chi connectivity index (χ0) is 24.4. The van der Waals surface area contributed by atoms with Gasteiger partial charge in [0.05, 0.1) is 29.9 Å². The summed E-state index contributed by atoms with van der Waals surface area (Å²) < 4.78 is 22.1. The summed E-state index contributed by atoms with van der Waals surface area (Å²) in [6, 6.07) is 8.37. The molecule has 34 heavy (non-hydrogen) atoms. The minimum Gasteiger partial charge on any atom is -0.478 e. The van der Waals surface area contributed by atoms with Gasteiger partial charge in [-0.3, -0.25) is 0 Å². The van der Waals surface area contributed by atoms with Crippen molar-refractivity contribution in [2.24, 2.45) is 11.8 Å². The van der Waals surface area contributed by atoms with Gasteiger partial charge in [0.1, 0.15) is 31.0 Å². The summed E-state index contributed by atoms with van der Waals surface area (Å²) >= 11 is 0. The van der Waals surface area contributed by atoms with Gasteiger partial charge in [-0.15, -0.1) is 0 Å². The molecule has 1 aromatic rings. The van der Waals surface area contributed by atoms with Crippen LogP contribution in [0.15, 0.2) is 53.8 Å². The van der Waals surface area contributed by atoms with Gasteiger partial charge in [-0.1, -0.05) is 24.3 Å². The van der Waals surface area contributed by atoms with E-state index in [1.165, 1.54) is 0 Å². The fourth-order valence-electron chi connectivity index (χ4n) is 4.42. The third-order valence-electron chi connectivity index (χ3n) is 6.26. The zero-order valence-electron chi connectivity index (χ0n) is 18.0. The van der Waals surface area contributed by atoms with Gasteiger partial charge in [-0.05, 0) is 24.1 Å². The number of aliphatic carboxylic acids is 1. The summed E-state index contributed by atoms with van der Waals surface area (Å²) in [5.41, 5.74) is 0.938. The fourth-order valence-corrected chi connectivity index (χ4v) is 4.42. The van der Waals surface area contributed by atoms with E-state index < -0.39 is 67.4 Å². The van der Waals surface area contributed by atoms with Crippen molar-refractivity contribution in [3.8, 4) is 0 Å². The normalized spacial score (nSPS) is 34.9. The summed E-state index contributed by atoms with van der Waals surface area (Å²) in [6.07, 6.45) is -5.53. The second kappa shape index (κ2) is 10.2. The number of hydrogen-bond donors (Lipinski definition) is 5. The molecule has 1 fully saturated rings. The van der Waals surface area contributed by atoms with Crippen LogP contribution in [-0.4, -0.2) is 87.7 Å². The Balaban J connectivity index is 1.51. The predicted octanol–water partition coefficient (Wildman–Crippen LogP) is -0.453. The lowest BCUT2D eigenvalue weighted by atomic mass is 9.83. The number of benzene rings is 1. The van der Waals surface area contributed by atoms with E-state index in [4.69, 9.17) is 18.9 Å². The molecule has 3 aliphatic rings. The van der Waals surface area contributed by atoms with E-state index in [0.717, 1.165) is 6.26 Å². The van der Waals surface area contributed by atoms with Crippen LogP contribution in [0.4, 0.5) is 0 Å². The largest absolute Gasteiger partial charge is 0.478 e. The maximum Gasteiger partial charge on any atom is 0.338 e. The van der Waals surface area contributed by atoms with Gasteiger partial charge >= 0.3 is 11.9 Å². The third-order valence-corrected chi connectivity index (χ3v) is 6.26. The molecule has 1 aromatic carbocycles. The average Bonchev–Trinajstić information content (AvgIpc) is 3.27. The molecule has 5 N–H and O–H groups in total. The highest BCUT2D eigenvalue weighted by atomic mass is 16.8. The first-order valence-electron chi connectivity index (χ1n) is 10.8. The molecule has 11 heteroatoms. The summed E-state index contributed by atoms with van der Waals surface area (Å²) in [6.45, 7) is -0.772. The Morgan fingerprint density at radius 2 is 1.76 bits per heavy atom. The highest BCUT2D eigenvalue weighted by Crippen LogP contribution is 2.44. The van der Waals surface area contributed by atoms with Crippen LogP contribution < -0.4 is 0 Å².